The summed E-state index contributed by atoms with van der Waals surface area (Å²) in [5, 5.41) is 4.80. The van der Waals surface area contributed by atoms with Gasteiger partial charge in [-0.1, -0.05) is 44.9 Å². The van der Waals surface area contributed by atoms with Gasteiger partial charge in [-0.05, 0) is 18.3 Å². The van der Waals surface area contributed by atoms with Crippen LogP contribution in [0.15, 0.2) is 4.99 Å². The Hall–Kier alpha value is -0.180. The molecule has 0 aromatic rings. The molecule has 86 valence electrons. The molecule has 3 heteroatoms. The highest BCUT2D eigenvalue weighted by atomic mass is 32.2. The van der Waals surface area contributed by atoms with E-state index in [2.05, 4.69) is 24.2 Å². The molecule has 0 spiro atoms. The van der Waals surface area contributed by atoms with Crippen molar-refractivity contribution in [3.8, 4) is 0 Å². The standard InChI is InChI=1S/C12H22N2S/c1-12(2)8-13-11(15-9-12)14-10-6-4-3-5-7-10/h10H,3-9H2,1-2H3,(H,13,14). The third-order valence-electron chi connectivity index (χ3n) is 3.18. The molecule has 0 amide bonds. The van der Waals surface area contributed by atoms with Crippen LogP contribution in [0.4, 0.5) is 0 Å². The number of thioether (sulfide) groups is 1. The minimum absolute atomic E-state index is 0.391. The van der Waals surface area contributed by atoms with Gasteiger partial charge in [-0.25, -0.2) is 0 Å². The van der Waals surface area contributed by atoms with E-state index in [1.807, 2.05) is 11.8 Å². The molecule has 1 heterocycles. The lowest BCUT2D eigenvalue weighted by molar-refractivity contribution is 0.409. The monoisotopic (exact) mass is 226 g/mol. The fraction of sp³-hybridized carbons (Fsp3) is 0.917. The normalized spacial score (nSPS) is 27.2. The van der Waals surface area contributed by atoms with Crippen molar-refractivity contribution in [1.82, 2.24) is 5.32 Å². The minimum atomic E-state index is 0.391. The molecule has 2 aliphatic rings. The highest BCUT2D eigenvalue weighted by Gasteiger charge is 2.24. The Kier molecular flexibility index (Phi) is 3.60. The van der Waals surface area contributed by atoms with Crippen LogP contribution in [-0.4, -0.2) is 23.5 Å². The number of amidine groups is 1. The lowest BCUT2D eigenvalue weighted by Gasteiger charge is -2.30. The van der Waals surface area contributed by atoms with E-state index in [1.54, 1.807) is 0 Å². The summed E-state index contributed by atoms with van der Waals surface area (Å²) < 4.78 is 0. The summed E-state index contributed by atoms with van der Waals surface area (Å²) in [6.07, 6.45) is 6.87. The zero-order chi connectivity index (χ0) is 10.7. The Morgan fingerprint density at radius 2 is 2.00 bits per heavy atom. The van der Waals surface area contributed by atoms with Crippen LogP contribution < -0.4 is 5.32 Å². The average Bonchev–Trinajstić information content (AvgIpc) is 2.23. The Balaban J connectivity index is 1.82. The third kappa shape index (κ3) is 3.40. The predicted molar refractivity (Wildman–Crippen MR) is 68.5 cm³/mol. The molecule has 0 aromatic heterocycles. The predicted octanol–water partition coefficient (Wildman–Crippen LogP) is 3.04. The van der Waals surface area contributed by atoms with Crippen LogP contribution >= 0.6 is 11.8 Å². The lowest BCUT2D eigenvalue weighted by Crippen LogP contribution is -2.38. The first-order chi connectivity index (χ1) is 7.16. The number of hydrogen-bond acceptors (Lipinski definition) is 3. The van der Waals surface area contributed by atoms with E-state index in [0.717, 1.165) is 6.54 Å². The molecular weight excluding hydrogens is 204 g/mol. The average molecular weight is 226 g/mol. The second-order valence-electron chi connectivity index (χ2n) is 5.55. The highest BCUT2D eigenvalue weighted by Crippen LogP contribution is 2.28. The van der Waals surface area contributed by atoms with Crippen molar-refractivity contribution in [2.24, 2.45) is 10.4 Å². The van der Waals surface area contributed by atoms with E-state index in [4.69, 9.17) is 0 Å². The summed E-state index contributed by atoms with van der Waals surface area (Å²) in [6.45, 7) is 5.57. The van der Waals surface area contributed by atoms with E-state index in [-0.39, 0.29) is 0 Å². The molecule has 0 atom stereocenters. The van der Waals surface area contributed by atoms with Crippen molar-refractivity contribution in [1.29, 1.82) is 0 Å². The Bertz CT molecular complexity index is 242. The summed E-state index contributed by atoms with van der Waals surface area (Å²) in [5.74, 6) is 1.20. The third-order valence-corrected chi connectivity index (χ3v) is 4.63. The molecule has 15 heavy (non-hydrogen) atoms. The van der Waals surface area contributed by atoms with E-state index >= 15 is 0 Å². The van der Waals surface area contributed by atoms with Crippen LogP contribution in [0.2, 0.25) is 0 Å². The molecule has 0 bridgehead atoms. The van der Waals surface area contributed by atoms with Crippen LogP contribution in [0.5, 0.6) is 0 Å². The number of nitrogens with zero attached hydrogens (tertiary/aromatic N) is 1. The molecule has 0 saturated heterocycles. The smallest absolute Gasteiger partial charge is 0.156 e. The molecule has 1 saturated carbocycles. The molecular formula is C12H22N2S. The number of hydrogen-bond donors (Lipinski definition) is 1. The molecule has 0 aromatic carbocycles. The van der Waals surface area contributed by atoms with Crippen LogP contribution in [0, 0.1) is 5.41 Å². The molecule has 2 nitrogen and oxygen atoms in total. The van der Waals surface area contributed by atoms with Gasteiger partial charge in [-0.3, -0.25) is 4.99 Å². The van der Waals surface area contributed by atoms with E-state index in [0.29, 0.717) is 11.5 Å². The van der Waals surface area contributed by atoms with Gasteiger partial charge in [0.2, 0.25) is 0 Å². The first-order valence-corrected chi connectivity index (χ1v) is 7.08. The molecule has 0 unspecified atom stereocenters. The van der Waals surface area contributed by atoms with Crippen LogP contribution in [0.3, 0.4) is 0 Å². The largest absolute Gasteiger partial charge is 0.362 e. The maximum Gasteiger partial charge on any atom is 0.156 e. The zero-order valence-corrected chi connectivity index (χ0v) is 10.7. The minimum Gasteiger partial charge on any atom is -0.362 e. The van der Waals surface area contributed by atoms with Crippen LogP contribution in [-0.2, 0) is 0 Å². The topological polar surface area (TPSA) is 24.4 Å². The summed E-state index contributed by atoms with van der Waals surface area (Å²) in [7, 11) is 0. The van der Waals surface area contributed by atoms with E-state index in [1.165, 1.54) is 43.0 Å². The van der Waals surface area contributed by atoms with E-state index in [9.17, 15) is 0 Å². The van der Waals surface area contributed by atoms with Crippen molar-refractivity contribution in [2.45, 2.75) is 52.0 Å². The van der Waals surface area contributed by atoms with Gasteiger partial charge in [-0.2, -0.15) is 0 Å². The Labute approximate surface area is 97.3 Å². The molecule has 1 fully saturated rings. The second kappa shape index (κ2) is 4.77. The highest BCUT2D eigenvalue weighted by molar-refractivity contribution is 8.13. The van der Waals surface area contributed by atoms with Crippen LogP contribution in [0.25, 0.3) is 0 Å². The van der Waals surface area contributed by atoms with Crippen molar-refractivity contribution in [2.75, 3.05) is 12.3 Å². The lowest BCUT2D eigenvalue weighted by atomic mass is 9.95. The Morgan fingerprint density at radius 3 is 2.60 bits per heavy atom. The number of rotatable bonds is 1. The van der Waals surface area contributed by atoms with Gasteiger partial charge in [0.05, 0.1) is 0 Å². The quantitative estimate of drug-likeness (QED) is 0.743. The fourth-order valence-electron chi connectivity index (χ4n) is 2.15. The zero-order valence-electron chi connectivity index (χ0n) is 9.88. The van der Waals surface area contributed by atoms with Gasteiger partial charge in [0.25, 0.3) is 0 Å². The van der Waals surface area contributed by atoms with Gasteiger partial charge in [-0.15, -0.1) is 0 Å². The summed E-state index contributed by atoms with van der Waals surface area (Å²) in [5.41, 5.74) is 0.391. The fourth-order valence-corrected chi connectivity index (χ4v) is 3.17. The van der Waals surface area contributed by atoms with Gasteiger partial charge in [0.1, 0.15) is 0 Å². The molecule has 2 rings (SSSR count). The number of nitrogens with one attached hydrogen (secondary N) is 1. The van der Waals surface area contributed by atoms with Gasteiger partial charge >= 0.3 is 0 Å². The number of aliphatic imine (C=N–C) groups is 1. The van der Waals surface area contributed by atoms with Crippen molar-refractivity contribution in [3.05, 3.63) is 0 Å². The van der Waals surface area contributed by atoms with Crippen molar-refractivity contribution >= 4 is 16.9 Å². The van der Waals surface area contributed by atoms with E-state index < -0.39 is 0 Å². The maximum atomic E-state index is 4.64. The molecule has 1 aliphatic carbocycles. The first-order valence-electron chi connectivity index (χ1n) is 6.09. The first kappa shape index (κ1) is 11.3. The maximum absolute atomic E-state index is 4.64. The molecule has 1 N–H and O–H groups in total. The van der Waals surface area contributed by atoms with Gasteiger partial charge in [0, 0.05) is 18.3 Å². The SMILES string of the molecule is CC1(C)CN=C(NC2CCCCC2)SC1. The summed E-state index contributed by atoms with van der Waals surface area (Å²) in [4.78, 5) is 4.64. The summed E-state index contributed by atoms with van der Waals surface area (Å²) >= 11 is 1.90. The molecule has 0 radical (unpaired) electrons. The van der Waals surface area contributed by atoms with Gasteiger partial charge < -0.3 is 5.32 Å². The Morgan fingerprint density at radius 1 is 1.27 bits per heavy atom. The second-order valence-corrected chi connectivity index (χ2v) is 6.52. The van der Waals surface area contributed by atoms with Crippen molar-refractivity contribution < 1.29 is 0 Å². The summed E-state index contributed by atoms with van der Waals surface area (Å²) in [6, 6.07) is 0.700. The van der Waals surface area contributed by atoms with Crippen LogP contribution in [0.1, 0.15) is 46.0 Å². The van der Waals surface area contributed by atoms with Crippen molar-refractivity contribution in [3.63, 3.8) is 0 Å². The van der Waals surface area contributed by atoms with Gasteiger partial charge in [0.15, 0.2) is 5.17 Å². The molecule has 1 aliphatic heterocycles.